The summed E-state index contributed by atoms with van der Waals surface area (Å²) in [5.41, 5.74) is 2.05. The predicted octanol–water partition coefficient (Wildman–Crippen LogP) is 4.24. The van der Waals surface area contributed by atoms with Crippen LogP contribution in [0.1, 0.15) is 24.0 Å². The Labute approximate surface area is 195 Å². The van der Waals surface area contributed by atoms with Crippen LogP contribution in [0.25, 0.3) is 0 Å². The molecule has 2 bridgehead atoms. The van der Waals surface area contributed by atoms with Crippen LogP contribution >= 0.6 is 0 Å². The molecule has 3 aliphatic rings. The molecule has 33 heavy (non-hydrogen) atoms. The Balaban J connectivity index is 1.32. The Morgan fingerprint density at radius 3 is 1.39 bits per heavy atom. The topological polar surface area (TPSA) is 86.7 Å². The Bertz CT molecular complexity index is 1180. The Kier molecular flexibility index (Phi) is 5.55. The zero-order chi connectivity index (χ0) is 23.4. The first-order chi connectivity index (χ1) is 15.6. The van der Waals surface area contributed by atoms with Crippen LogP contribution in [0, 0.1) is 42.9 Å². The van der Waals surface area contributed by atoms with Gasteiger partial charge in [-0.2, -0.15) is 16.8 Å². The fourth-order valence-electron chi connectivity index (χ4n) is 5.66. The largest absolute Gasteiger partial charge is 0.296 e. The van der Waals surface area contributed by atoms with Gasteiger partial charge in [-0.1, -0.05) is 47.5 Å². The first kappa shape index (κ1) is 22.8. The number of aryl methyl sites for hydroxylation is 2. The number of benzene rings is 2. The van der Waals surface area contributed by atoms with E-state index in [2.05, 4.69) is 12.2 Å². The lowest BCUT2D eigenvalue weighted by atomic mass is 9.84. The fraction of sp³-hybridized carbons (Fsp3) is 0.440. The molecule has 176 valence electrons. The molecule has 0 aromatic heterocycles. The van der Waals surface area contributed by atoms with Gasteiger partial charge in [0.1, 0.15) is 0 Å². The van der Waals surface area contributed by atoms with Crippen LogP contribution in [-0.2, 0) is 28.6 Å². The van der Waals surface area contributed by atoms with E-state index in [9.17, 15) is 16.8 Å². The van der Waals surface area contributed by atoms with Crippen LogP contribution in [0.15, 0.2) is 70.5 Å². The van der Waals surface area contributed by atoms with Gasteiger partial charge in [0.2, 0.25) is 0 Å². The lowest BCUT2D eigenvalue weighted by Gasteiger charge is -2.27. The molecule has 6 nitrogen and oxygen atoms in total. The lowest BCUT2D eigenvalue weighted by molar-refractivity contribution is 0.138. The van der Waals surface area contributed by atoms with Crippen molar-refractivity contribution in [3.05, 3.63) is 71.8 Å². The van der Waals surface area contributed by atoms with Gasteiger partial charge in [0.25, 0.3) is 20.2 Å². The summed E-state index contributed by atoms with van der Waals surface area (Å²) in [5, 5.41) is 0. The molecule has 2 fully saturated rings. The molecule has 0 heterocycles. The molecule has 0 amide bonds. The van der Waals surface area contributed by atoms with Crippen LogP contribution in [0.4, 0.5) is 0 Å². The maximum Gasteiger partial charge on any atom is 0.296 e. The van der Waals surface area contributed by atoms with Crippen molar-refractivity contribution in [1.29, 1.82) is 0 Å². The van der Waals surface area contributed by atoms with Gasteiger partial charge < -0.3 is 0 Å². The predicted molar refractivity (Wildman–Crippen MR) is 123 cm³/mol. The number of rotatable bonds is 8. The summed E-state index contributed by atoms with van der Waals surface area (Å²) < 4.78 is 62.0. The minimum atomic E-state index is -3.90. The third-order valence-corrected chi connectivity index (χ3v) is 10.2. The van der Waals surface area contributed by atoms with Crippen molar-refractivity contribution in [2.45, 2.75) is 36.5 Å². The van der Waals surface area contributed by atoms with E-state index in [4.69, 9.17) is 8.37 Å². The number of hydrogen-bond acceptors (Lipinski definition) is 6. The van der Waals surface area contributed by atoms with E-state index in [1.54, 1.807) is 48.5 Å². The summed E-state index contributed by atoms with van der Waals surface area (Å²) in [6, 6.07) is 13.1. The van der Waals surface area contributed by atoms with E-state index in [1.807, 2.05) is 13.8 Å². The highest BCUT2D eigenvalue weighted by atomic mass is 32.2. The quantitative estimate of drug-likeness (QED) is 0.408. The zero-order valence-electron chi connectivity index (χ0n) is 18.7. The zero-order valence-corrected chi connectivity index (χ0v) is 20.3. The molecule has 0 radical (unpaired) electrons. The van der Waals surface area contributed by atoms with Crippen LogP contribution in [-0.4, -0.2) is 30.0 Å². The Morgan fingerprint density at radius 1 is 0.697 bits per heavy atom. The molecular formula is C25H28O6S2. The van der Waals surface area contributed by atoms with E-state index in [1.165, 1.54) is 0 Å². The Morgan fingerprint density at radius 2 is 1.06 bits per heavy atom. The fourth-order valence-corrected chi connectivity index (χ4v) is 7.55. The average molecular weight is 489 g/mol. The molecule has 0 aliphatic heterocycles. The SMILES string of the molecule is Cc1ccc(S(=O)(=O)OC[C@@H]2[C@@H](COS(=O)(=O)c3ccc(C)cc3)[C@@H]3C=C[C@H]2C32CC2)cc1. The maximum absolute atomic E-state index is 12.8. The summed E-state index contributed by atoms with van der Waals surface area (Å²) in [6.45, 7) is 3.82. The van der Waals surface area contributed by atoms with Crippen LogP contribution in [0.5, 0.6) is 0 Å². The van der Waals surface area contributed by atoms with Crippen molar-refractivity contribution in [3.8, 4) is 0 Å². The number of hydrogen-bond donors (Lipinski definition) is 0. The molecule has 4 atom stereocenters. The van der Waals surface area contributed by atoms with Gasteiger partial charge in [-0.05, 0) is 80.0 Å². The summed E-state index contributed by atoms with van der Waals surface area (Å²) >= 11 is 0. The minimum Gasteiger partial charge on any atom is -0.266 e. The molecule has 2 saturated carbocycles. The van der Waals surface area contributed by atoms with Crippen LogP contribution < -0.4 is 0 Å². The summed E-state index contributed by atoms with van der Waals surface area (Å²) in [4.78, 5) is 0.255. The van der Waals surface area contributed by atoms with Gasteiger partial charge in [-0.25, -0.2) is 0 Å². The van der Waals surface area contributed by atoms with E-state index >= 15 is 0 Å². The minimum absolute atomic E-state index is 0.0159. The summed E-state index contributed by atoms with van der Waals surface area (Å²) in [7, 11) is -7.79. The van der Waals surface area contributed by atoms with Gasteiger partial charge in [0, 0.05) is 0 Å². The molecule has 3 aliphatic carbocycles. The van der Waals surface area contributed by atoms with E-state index in [0.29, 0.717) is 0 Å². The monoisotopic (exact) mass is 488 g/mol. The molecule has 2 aromatic rings. The van der Waals surface area contributed by atoms with Crippen molar-refractivity contribution in [1.82, 2.24) is 0 Å². The van der Waals surface area contributed by atoms with Crippen LogP contribution in [0.2, 0.25) is 0 Å². The van der Waals surface area contributed by atoms with Crippen molar-refractivity contribution in [3.63, 3.8) is 0 Å². The molecule has 2 aromatic carbocycles. The highest BCUT2D eigenvalue weighted by Gasteiger charge is 2.66. The molecule has 5 rings (SSSR count). The van der Waals surface area contributed by atoms with Gasteiger partial charge in [-0.15, -0.1) is 0 Å². The van der Waals surface area contributed by atoms with E-state index in [0.717, 1.165) is 24.0 Å². The normalized spacial score (nSPS) is 27.3. The van der Waals surface area contributed by atoms with Crippen molar-refractivity contribution >= 4 is 20.2 Å². The second-order valence-electron chi connectivity index (χ2n) is 9.60. The summed E-state index contributed by atoms with van der Waals surface area (Å²) in [6.07, 6.45) is 6.46. The third kappa shape index (κ3) is 4.07. The Hall–Kier alpha value is -2.00. The van der Waals surface area contributed by atoms with Crippen molar-refractivity contribution in [2.75, 3.05) is 13.2 Å². The van der Waals surface area contributed by atoms with Crippen molar-refractivity contribution in [2.24, 2.45) is 29.1 Å². The van der Waals surface area contributed by atoms with Gasteiger partial charge in [0.15, 0.2) is 0 Å². The molecule has 1 spiro atoms. The molecule has 0 saturated heterocycles. The van der Waals surface area contributed by atoms with Gasteiger partial charge in [0.05, 0.1) is 23.0 Å². The molecule has 8 heteroatoms. The number of allylic oxidation sites excluding steroid dienone is 2. The van der Waals surface area contributed by atoms with Crippen LogP contribution in [0.3, 0.4) is 0 Å². The lowest BCUT2D eigenvalue weighted by Crippen LogP contribution is -2.30. The third-order valence-electron chi connectivity index (χ3n) is 7.60. The summed E-state index contributed by atoms with van der Waals surface area (Å²) in [5.74, 6) is 0.143. The second-order valence-corrected chi connectivity index (χ2v) is 12.8. The van der Waals surface area contributed by atoms with Crippen molar-refractivity contribution < 1.29 is 25.2 Å². The van der Waals surface area contributed by atoms with Gasteiger partial charge in [-0.3, -0.25) is 8.37 Å². The van der Waals surface area contributed by atoms with Gasteiger partial charge >= 0.3 is 0 Å². The highest BCUT2D eigenvalue weighted by Crippen LogP contribution is 2.72. The first-order valence-corrected chi connectivity index (χ1v) is 14.0. The molecule has 0 unspecified atom stereocenters. The average Bonchev–Trinajstić information content (AvgIpc) is 3.44. The second kappa shape index (κ2) is 8.05. The molecule has 0 N–H and O–H groups in total. The standard InChI is InChI=1S/C25H28O6S2/c1-17-3-7-19(8-4-17)32(26,27)30-15-21-22(24-12-11-23(21)25(24)13-14-25)16-31-33(28,29)20-9-5-18(2)6-10-20/h3-12,21-24H,13-16H2,1-2H3/t21-,22-,23-,24+/m1/s1. The first-order valence-electron chi connectivity index (χ1n) is 11.2. The smallest absolute Gasteiger partial charge is 0.266 e. The molecular weight excluding hydrogens is 460 g/mol. The maximum atomic E-state index is 12.8. The van der Waals surface area contributed by atoms with E-state index in [-0.39, 0.29) is 52.1 Å². The highest BCUT2D eigenvalue weighted by molar-refractivity contribution is 7.87. The van der Waals surface area contributed by atoms with E-state index < -0.39 is 20.2 Å².